The highest BCUT2D eigenvalue weighted by molar-refractivity contribution is 7.95. The van der Waals surface area contributed by atoms with Crippen molar-refractivity contribution in [3.05, 3.63) is 47.8 Å². The van der Waals surface area contributed by atoms with Crippen LogP contribution >= 0.6 is 12.0 Å². The number of halogens is 3. The minimum absolute atomic E-state index is 0. The Bertz CT molecular complexity index is 885. The number of benzene rings is 1. The van der Waals surface area contributed by atoms with Gasteiger partial charge in [0.15, 0.2) is 23.4 Å². The van der Waals surface area contributed by atoms with Gasteiger partial charge in [0.1, 0.15) is 5.75 Å². The Balaban J connectivity index is 0.00000182. The van der Waals surface area contributed by atoms with E-state index in [0.717, 1.165) is 11.3 Å². The number of aryl methyl sites for hydroxylation is 1. The molecule has 0 atom stereocenters. The lowest BCUT2D eigenvalue weighted by molar-refractivity contribution is -0.0369. The van der Waals surface area contributed by atoms with Crippen molar-refractivity contribution in [2.75, 3.05) is 7.11 Å². The molecule has 0 aliphatic rings. The molecule has 3 rings (SSSR count). The Morgan fingerprint density at radius 3 is 2.41 bits per heavy atom. The highest BCUT2D eigenvalue weighted by atomic mass is 32.2. The van der Waals surface area contributed by atoms with Gasteiger partial charge in [0.25, 0.3) is 0 Å². The number of nitrogens with zero attached hydrogens (tertiary/aromatic N) is 3. The fraction of sp³-hybridized carbons (Fsp3) is 0.250. The van der Waals surface area contributed by atoms with Gasteiger partial charge in [-0.3, -0.25) is 0 Å². The van der Waals surface area contributed by atoms with Crippen molar-refractivity contribution in [3.63, 3.8) is 0 Å². The van der Waals surface area contributed by atoms with Gasteiger partial charge in [0.2, 0.25) is 0 Å². The minimum atomic E-state index is -4.48. The van der Waals surface area contributed by atoms with Gasteiger partial charge in [0, 0.05) is 11.8 Å². The van der Waals surface area contributed by atoms with Gasteiger partial charge in [-0.1, -0.05) is 12.1 Å². The van der Waals surface area contributed by atoms with E-state index in [4.69, 9.17) is 8.92 Å². The lowest BCUT2D eigenvalue weighted by Crippen LogP contribution is -2.04. The Morgan fingerprint density at radius 2 is 1.81 bits per heavy atom. The van der Waals surface area contributed by atoms with E-state index in [1.165, 1.54) is 12.3 Å². The van der Waals surface area contributed by atoms with E-state index in [0.29, 0.717) is 23.3 Å². The van der Waals surface area contributed by atoms with Crippen molar-refractivity contribution in [2.24, 2.45) is 0 Å². The quantitative estimate of drug-likeness (QED) is 0.606. The van der Waals surface area contributed by atoms with E-state index in [2.05, 4.69) is 10.1 Å². The average Bonchev–Trinajstić information content (AvgIpc) is 2.95. The number of pyridine rings is 1. The highest BCUT2D eigenvalue weighted by Crippen LogP contribution is 2.35. The smallest absolute Gasteiger partial charge is 0.479 e. The van der Waals surface area contributed by atoms with Crippen LogP contribution < -0.4 is 8.92 Å². The molecule has 11 heteroatoms. The zero-order valence-corrected chi connectivity index (χ0v) is 15.2. The molecule has 0 unspecified atom stereocenters. The summed E-state index contributed by atoms with van der Waals surface area (Å²) in [5.74, 6) is 0.828. The average molecular weight is 405 g/mol. The Morgan fingerprint density at radius 1 is 1.15 bits per heavy atom. The molecule has 2 heterocycles. The number of hydrogen-bond acceptors (Lipinski definition) is 5. The standard InChI is InChI=1S/C16H14F3N3O2S.2H2O/c1-10-7-14(24-25-16(17,18)19)13-8-20-22(15(13)21-10)9-11-3-5-12(23-2)6-4-11;;/h3-8H,9H2,1-2H3;2*1H2. The number of alkyl halides is 3. The normalized spacial score (nSPS) is 10.9. The van der Waals surface area contributed by atoms with E-state index < -0.39 is 17.6 Å². The first-order chi connectivity index (χ1) is 11.9. The van der Waals surface area contributed by atoms with E-state index >= 15 is 0 Å². The summed E-state index contributed by atoms with van der Waals surface area (Å²) in [5.41, 5.74) is -2.51. The largest absolute Gasteiger partial charge is 0.497 e. The maximum atomic E-state index is 12.4. The summed E-state index contributed by atoms with van der Waals surface area (Å²) in [6, 6.07) is 8.89. The van der Waals surface area contributed by atoms with Gasteiger partial charge in [-0.15, -0.1) is 0 Å². The van der Waals surface area contributed by atoms with E-state index in [9.17, 15) is 13.2 Å². The van der Waals surface area contributed by atoms with Gasteiger partial charge in [0.05, 0.1) is 25.2 Å². The predicted molar refractivity (Wildman–Crippen MR) is 95.9 cm³/mol. The molecule has 0 fully saturated rings. The molecule has 0 saturated heterocycles. The van der Waals surface area contributed by atoms with Gasteiger partial charge >= 0.3 is 5.51 Å². The lowest BCUT2D eigenvalue weighted by atomic mass is 10.2. The second-order valence-electron chi connectivity index (χ2n) is 5.26. The first-order valence-electron chi connectivity index (χ1n) is 7.24. The molecule has 148 valence electrons. The van der Waals surface area contributed by atoms with Gasteiger partial charge in [-0.2, -0.15) is 18.3 Å². The van der Waals surface area contributed by atoms with Gasteiger partial charge in [-0.25, -0.2) is 9.67 Å². The Hall–Kier alpha value is -2.50. The van der Waals surface area contributed by atoms with Crippen LogP contribution in [0.5, 0.6) is 11.5 Å². The second-order valence-corrected chi connectivity index (χ2v) is 6.06. The molecule has 1 aromatic carbocycles. The maximum absolute atomic E-state index is 12.4. The van der Waals surface area contributed by atoms with Crippen molar-refractivity contribution in [3.8, 4) is 11.5 Å². The molecular formula is C16H18F3N3O4S. The van der Waals surface area contributed by atoms with Crippen LogP contribution in [0.15, 0.2) is 36.5 Å². The highest BCUT2D eigenvalue weighted by Gasteiger charge is 2.32. The summed E-state index contributed by atoms with van der Waals surface area (Å²) in [4.78, 5) is 4.38. The molecular weight excluding hydrogens is 387 g/mol. The van der Waals surface area contributed by atoms with Crippen molar-refractivity contribution >= 4 is 23.1 Å². The summed E-state index contributed by atoms with van der Waals surface area (Å²) in [7, 11) is 1.59. The lowest BCUT2D eigenvalue weighted by Gasteiger charge is -2.09. The zero-order valence-electron chi connectivity index (χ0n) is 14.4. The Kier molecular flexibility index (Phi) is 7.46. The van der Waals surface area contributed by atoms with Crippen LogP contribution in [0.2, 0.25) is 0 Å². The molecule has 2 aromatic heterocycles. The summed E-state index contributed by atoms with van der Waals surface area (Å²) in [6.45, 7) is 2.12. The number of rotatable bonds is 5. The summed E-state index contributed by atoms with van der Waals surface area (Å²) in [5, 5.41) is 4.66. The summed E-state index contributed by atoms with van der Waals surface area (Å²) < 4.78 is 48.7. The van der Waals surface area contributed by atoms with Crippen LogP contribution in [0, 0.1) is 6.92 Å². The van der Waals surface area contributed by atoms with E-state index in [-0.39, 0.29) is 16.7 Å². The molecule has 0 aliphatic heterocycles. The second kappa shape index (κ2) is 8.93. The number of ether oxygens (including phenoxy) is 1. The molecule has 0 bridgehead atoms. The molecule has 0 radical (unpaired) electrons. The third kappa shape index (κ3) is 5.49. The molecule has 0 amide bonds. The minimum Gasteiger partial charge on any atom is -0.497 e. The summed E-state index contributed by atoms with van der Waals surface area (Å²) >= 11 is -0.551. The van der Waals surface area contributed by atoms with Crippen molar-refractivity contribution in [1.29, 1.82) is 0 Å². The van der Waals surface area contributed by atoms with Gasteiger partial charge in [-0.05, 0) is 24.6 Å². The summed E-state index contributed by atoms with van der Waals surface area (Å²) in [6.07, 6.45) is 1.46. The Labute approximate surface area is 156 Å². The first-order valence-corrected chi connectivity index (χ1v) is 7.98. The third-order valence-corrected chi connectivity index (χ3v) is 3.87. The SMILES string of the molecule is COc1ccc(Cn2ncc3c(OSC(F)(F)F)cc(C)nc32)cc1.O.O. The molecule has 4 N–H and O–H groups in total. The predicted octanol–water partition coefficient (Wildman–Crippen LogP) is 2.69. The fourth-order valence-electron chi connectivity index (χ4n) is 2.32. The molecule has 27 heavy (non-hydrogen) atoms. The molecule has 7 nitrogen and oxygen atoms in total. The molecule has 0 aliphatic carbocycles. The third-order valence-electron chi connectivity index (χ3n) is 3.42. The molecule has 3 aromatic rings. The number of aromatic nitrogens is 3. The van der Waals surface area contributed by atoms with Gasteiger partial charge < -0.3 is 19.9 Å². The van der Waals surface area contributed by atoms with Crippen molar-refractivity contribution in [2.45, 2.75) is 19.0 Å². The fourth-order valence-corrected chi connectivity index (χ4v) is 2.64. The van der Waals surface area contributed by atoms with Crippen LogP contribution in [0.3, 0.4) is 0 Å². The van der Waals surface area contributed by atoms with Crippen LogP contribution in [-0.2, 0) is 6.54 Å². The number of methoxy groups -OCH3 is 1. The van der Waals surface area contributed by atoms with Crippen LogP contribution in [0.1, 0.15) is 11.3 Å². The number of hydrogen-bond donors (Lipinski definition) is 0. The monoisotopic (exact) mass is 405 g/mol. The number of fused-ring (bicyclic) bond motifs is 1. The molecule has 0 spiro atoms. The van der Waals surface area contributed by atoms with E-state index in [1.807, 2.05) is 24.3 Å². The van der Waals surface area contributed by atoms with Crippen LogP contribution in [0.4, 0.5) is 13.2 Å². The first kappa shape index (κ1) is 22.5. The van der Waals surface area contributed by atoms with Crippen molar-refractivity contribution < 1.29 is 33.0 Å². The van der Waals surface area contributed by atoms with Crippen molar-refractivity contribution in [1.82, 2.24) is 14.8 Å². The molecule has 0 saturated carbocycles. The maximum Gasteiger partial charge on any atom is 0.479 e. The van der Waals surface area contributed by atoms with E-state index in [1.54, 1.807) is 18.7 Å². The van der Waals surface area contributed by atoms with Crippen LogP contribution in [-0.4, -0.2) is 38.3 Å². The topological polar surface area (TPSA) is 112 Å². The van der Waals surface area contributed by atoms with Crippen LogP contribution in [0.25, 0.3) is 11.0 Å². The zero-order chi connectivity index (χ0) is 18.0.